The van der Waals surface area contributed by atoms with E-state index in [4.69, 9.17) is 21.7 Å². The Kier molecular flexibility index (Phi) is 8.85. The number of pyridine rings is 1. The molecule has 9 nitrogen and oxygen atoms in total. The summed E-state index contributed by atoms with van der Waals surface area (Å²) in [6, 6.07) is 0. The van der Waals surface area contributed by atoms with E-state index in [1.54, 1.807) is 24.9 Å². The molecule has 1 aliphatic rings. The second-order valence-electron chi connectivity index (χ2n) is 6.84. The number of allylic oxidation sites excluding steroid dienone is 1. The van der Waals surface area contributed by atoms with Crippen molar-refractivity contribution >= 4 is 17.6 Å². The molecule has 2 aromatic rings. The molecule has 30 heavy (non-hydrogen) atoms. The number of aromatic nitrogens is 3. The number of nitrogens with zero attached hydrogens (tertiary/aromatic N) is 4. The number of aliphatic hydroxyl groups excluding tert-OH is 2. The fraction of sp³-hybridized carbons (Fsp3) is 0.450. The second-order valence-corrected chi connectivity index (χ2v) is 7.88. The van der Waals surface area contributed by atoms with Gasteiger partial charge in [-0.1, -0.05) is 0 Å². The van der Waals surface area contributed by atoms with Crippen molar-refractivity contribution in [2.75, 3.05) is 18.2 Å². The number of aryl methyl sites for hydroxylation is 2. The molecule has 0 amide bonds. The van der Waals surface area contributed by atoms with Gasteiger partial charge >= 0.3 is 0 Å². The number of aromatic hydroxyl groups is 1. The van der Waals surface area contributed by atoms with Gasteiger partial charge in [0.15, 0.2) is 0 Å². The predicted octanol–water partition coefficient (Wildman–Crippen LogP) is 1.53. The lowest BCUT2D eigenvalue weighted by Crippen LogP contribution is -2.18. The monoisotopic (exact) mass is 434 g/mol. The highest BCUT2D eigenvalue weighted by Gasteiger charge is 2.20. The quantitative estimate of drug-likeness (QED) is 0.452. The van der Waals surface area contributed by atoms with Crippen molar-refractivity contribution in [1.29, 1.82) is 0 Å². The van der Waals surface area contributed by atoms with Crippen molar-refractivity contribution in [1.82, 2.24) is 19.9 Å². The lowest BCUT2D eigenvalue weighted by molar-refractivity contribution is 0.279. The van der Waals surface area contributed by atoms with Crippen LogP contribution in [-0.2, 0) is 19.7 Å². The highest BCUT2D eigenvalue weighted by atomic mass is 32.2. The van der Waals surface area contributed by atoms with E-state index in [-0.39, 0.29) is 25.5 Å². The van der Waals surface area contributed by atoms with Gasteiger partial charge in [-0.2, -0.15) is 0 Å². The standard InChI is InChI=1S/C12H18N4OS.C8H12N2O2/c1-8-11(3-4-17)18-7-16(8)6-10-5-14-9(2)15-12(10)13;1-5-8(12)7(2-9)6(4-11)3-10-5/h5,17H,3-4,6-7H2,1-2H3,(H2,13,14,15);3,11-12H,2,4,9H2,1H3. The van der Waals surface area contributed by atoms with Crippen molar-refractivity contribution in [2.24, 2.45) is 5.73 Å². The third-order valence-corrected chi connectivity index (χ3v) is 6.08. The minimum absolute atomic E-state index is 0.0871. The molecule has 2 aromatic heterocycles. The van der Waals surface area contributed by atoms with Crippen LogP contribution in [-0.4, -0.2) is 47.7 Å². The molecule has 0 bridgehead atoms. The first-order chi connectivity index (χ1) is 14.3. The third kappa shape index (κ3) is 5.82. The van der Waals surface area contributed by atoms with Gasteiger partial charge in [0.25, 0.3) is 0 Å². The topological polar surface area (TPSA) is 155 Å². The van der Waals surface area contributed by atoms with Crippen LogP contribution in [0.3, 0.4) is 0 Å². The molecule has 0 spiro atoms. The molecular weight excluding hydrogens is 404 g/mol. The van der Waals surface area contributed by atoms with Gasteiger partial charge in [0.2, 0.25) is 0 Å². The van der Waals surface area contributed by atoms with Crippen LogP contribution in [0.1, 0.15) is 41.6 Å². The number of anilines is 1. The van der Waals surface area contributed by atoms with Gasteiger partial charge in [0.05, 0.1) is 18.2 Å². The Hall–Kier alpha value is -2.40. The predicted molar refractivity (Wildman–Crippen MR) is 118 cm³/mol. The van der Waals surface area contributed by atoms with Crippen molar-refractivity contribution in [3.63, 3.8) is 0 Å². The first kappa shape index (κ1) is 23.9. The summed E-state index contributed by atoms with van der Waals surface area (Å²) >= 11 is 1.78. The molecule has 0 atom stereocenters. The fourth-order valence-corrected chi connectivity index (χ4v) is 4.11. The highest BCUT2D eigenvalue weighted by Crippen LogP contribution is 2.34. The maximum atomic E-state index is 9.46. The Balaban J connectivity index is 0.000000232. The molecule has 7 N–H and O–H groups in total. The smallest absolute Gasteiger partial charge is 0.141 e. The van der Waals surface area contributed by atoms with Gasteiger partial charge in [-0.05, 0) is 20.8 Å². The van der Waals surface area contributed by atoms with Crippen LogP contribution in [0.25, 0.3) is 0 Å². The number of aliphatic hydroxyl groups is 2. The fourth-order valence-electron chi connectivity index (χ4n) is 2.94. The Morgan fingerprint density at radius 2 is 1.83 bits per heavy atom. The van der Waals surface area contributed by atoms with E-state index >= 15 is 0 Å². The zero-order valence-electron chi connectivity index (χ0n) is 17.6. The van der Waals surface area contributed by atoms with Crippen molar-refractivity contribution in [2.45, 2.75) is 46.9 Å². The summed E-state index contributed by atoms with van der Waals surface area (Å²) in [7, 11) is 0. The minimum atomic E-state index is -0.145. The van der Waals surface area contributed by atoms with E-state index in [1.807, 2.05) is 6.92 Å². The van der Waals surface area contributed by atoms with E-state index in [1.165, 1.54) is 16.8 Å². The molecule has 0 aliphatic carbocycles. The van der Waals surface area contributed by atoms with E-state index < -0.39 is 0 Å². The van der Waals surface area contributed by atoms with Crippen LogP contribution in [0.2, 0.25) is 0 Å². The first-order valence-corrected chi connectivity index (χ1v) is 10.5. The molecule has 10 heteroatoms. The van der Waals surface area contributed by atoms with E-state index in [2.05, 4.69) is 26.8 Å². The Morgan fingerprint density at radius 1 is 1.13 bits per heavy atom. The number of hydrogen-bond donors (Lipinski definition) is 5. The van der Waals surface area contributed by atoms with Gasteiger partial charge in [0, 0.05) is 65.8 Å². The SMILES string of the molecule is CC1=C(CCO)SCN1Cc1cnc(C)nc1N.Cc1ncc(CO)c(CN)c1O. The van der Waals surface area contributed by atoms with E-state index in [9.17, 15) is 5.11 Å². The second kappa shape index (κ2) is 11.1. The number of nitrogen functional groups attached to an aromatic ring is 1. The third-order valence-electron chi connectivity index (χ3n) is 4.80. The summed E-state index contributed by atoms with van der Waals surface area (Å²) in [5.74, 6) is 2.23. The van der Waals surface area contributed by atoms with Crippen LogP contribution < -0.4 is 11.5 Å². The van der Waals surface area contributed by atoms with Crippen molar-refractivity contribution in [3.8, 4) is 5.75 Å². The summed E-state index contributed by atoms with van der Waals surface area (Å²) in [6.07, 6.45) is 4.05. The molecule has 0 saturated heterocycles. The maximum absolute atomic E-state index is 9.46. The first-order valence-electron chi connectivity index (χ1n) is 9.55. The van der Waals surface area contributed by atoms with Crippen molar-refractivity contribution < 1.29 is 15.3 Å². The lowest BCUT2D eigenvalue weighted by atomic mass is 10.1. The molecule has 164 valence electrons. The molecular formula is C20H30N6O3S. The zero-order chi connectivity index (χ0) is 22.3. The van der Waals surface area contributed by atoms with Crippen LogP contribution in [0.5, 0.6) is 5.75 Å². The van der Waals surface area contributed by atoms with E-state index in [0.29, 0.717) is 28.5 Å². The van der Waals surface area contributed by atoms with E-state index in [0.717, 1.165) is 24.4 Å². The maximum Gasteiger partial charge on any atom is 0.141 e. The van der Waals surface area contributed by atoms with Crippen LogP contribution >= 0.6 is 11.8 Å². The summed E-state index contributed by atoms with van der Waals surface area (Å²) in [5, 5.41) is 27.3. The zero-order valence-corrected chi connectivity index (χ0v) is 18.4. The number of nitrogens with two attached hydrogens (primary N) is 2. The van der Waals surface area contributed by atoms with Crippen LogP contribution in [0.4, 0.5) is 5.82 Å². The van der Waals surface area contributed by atoms with Gasteiger partial charge in [-0.15, -0.1) is 11.8 Å². The average molecular weight is 435 g/mol. The number of hydrogen-bond acceptors (Lipinski definition) is 10. The summed E-state index contributed by atoms with van der Waals surface area (Å²) < 4.78 is 0. The molecule has 1 aliphatic heterocycles. The highest BCUT2D eigenvalue weighted by molar-refractivity contribution is 8.03. The minimum Gasteiger partial charge on any atom is -0.506 e. The van der Waals surface area contributed by atoms with Crippen LogP contribution in [0.15, 0.2) is 23.0 Å². The Morgan fingerprint density at radius 3 is 2.43 bits per heavy atom. The van der Waals surface area contributed by atoms with Gasteiger partial charge in [-0.3, -0.25) is 4.98 Å². The van der Waals surface area contributed by atoms with Crippen LogP contribution in [0, 0.1) is 13.8 Å². The molecule has 3 heterocycles. The summed E-state index contributed by atoms with van der Waals surface area (Å²) in [6.45, 7) is 6.59. The van der Waals surface area contributed by atoms with Gasteiger partial charge < -0.3 is 31.7 Å². The Bertz CT molecular complexity index is 906. The van der Waals surface area contributed by atoms with Gasteiger partial charge in [0.1, 0.15) is 17.4 Å². The molecule has 0 fully saturated rings. The largest absolute Gasteiger partial charge is 0.506 e. The molecule has 0 aromatic carbocycles. The summed E-state index contributed by atoms with van der Waals surface area (Å²) in [5.41, 5.74) is 15.2. The molecule has 3 rings (SSSR count). The molecule has 0 radical (unpaired) electrons. The Labute approximate surface area is 180 Å². The average Bonchev–Trinajstić information content (AvgIpc) is 3.06. The molecule has 0 saturated carbocycles. The number of thioether (sulfide) groups is 1. The summed E-state index contributed by atoms with van der Waals surface area (Å²) in [4.78, 5) is 15.7. The number of rotatable bonds is 6. The van der Waals surface area contributed by atoms with Crippen molar-refractivity contribution in [3.05, 3.63) is 51.2 Å². The lowest BCUT2D eigenvalue weighted by Gasteiger charge is -2.19. The molecule has 0 unspecified atom stereocenters. The van der Waals surface area contributed by atoms with Gasteiger partial charge in [-0.25, -0.2) is 9.97 Å². The normalized spacial score (nSPS) is 13.5.